The zero-order valence-electron chi connectivity index (χ0n) is 14.3. The number of furan rings is 1. The van der Waals surface area contributed by atoms with Crippen molar-refractivity contribution in [2.45, 2.75) is 32.7 Å². The van der Waals surface area contributed by atoms with Crippen molar-refractivity contribution in [3.8, 4) is 0 Å². The molecule has 2 rings (SSSR count). The Balaban J connectivity index is 1.78. The molecule has 3 nitrogen and oxygen atoms in total. The summed E-state index contributed by atoms with van der Waals surface area (Å²) in [5.74, 6) is 2.25. The van der Waals surface area contributed by atoms with Gasteiger partial charge in [-0.25, -0.2) is 0 Å². The third-order valence-corrected chi connectivity index (χ3v) is 4.23. The van der Waals surface area contributed by atoms with Gasteiger partial charge in [-0.1, -0.05) is 26.0 Å². The zero-order valence-corrected chi connectivity index (χ0v) is 14.3. The van der Waals surface area contributed by atoms with Crippen LogP contribution >= 0.6 is 0 Å². The standard InChI is InChI=1S/C19H28N2O/c1-15(2)18(19-6-5-13-22-19)11-12-20-14-16-7-9-17(10-8-16)21(3)4/h5-10,13,15,18,20H,11-12,14H2,1-4H3/p+1/t18-/m0/s1. The molecule has 1 aromatic carbocycles. The van der Waals surface area contributed by atoms with E-state index in [1.54, 1.807) is 6.26 Å². The van der Waals surface area contributed by atoms with Gasteiger partial charge < -0.3 is 14.6 Å². The van der Waals surface area contributed by atoms with Crippen LogP contribution in [0.1, 0.15) is 37.5 Å². The molecular weight excluding hydrogens is 272 g/mol. The molecule has 1 aromatic heterocycles. The van der Waals surface area contributed by atoms with Gasteiger partial charge in [-0.05, 0) is 30.2 Å². The second-order valence-corrected chi connectivity index (χ2v) is 6.50. The summed E-state index contributed by atoms with van der Waals surface area (Å²) in [4.78, 5) is 2.13. The van der Waals surface area contributed by atoms with Crippen LogP contribution in [-0.4, -0.2) is 20.6 Å². The summed E-state index contributed by atoms with van der Waals surface area (Å²) in [7, 11) is 4.14. The maximum absolute atomic E-state index is 5.59. The minimum absolute atomic E-state index is 0.516. The Kier molecular flexibility index (Phi) is 6.08. The highest BCUT2D eigenvalue weighted by Gasteiger charge is 2.18. The minimum Gasteiger partial charge on any atom is -0.469 e. The molecule has 120 valence electrons. The second kappa shape index (κ2) is 8.04. The summed E-state index contributed by atoms with van der Waals surface area (Å²) in [5, 5.41) is 2.39. The van der Waals surface area contributed by atoms with Crippen LogP contribution in [0.5, 0.6) is 0 Å². The number of rotatable bonds is 8. The molecule has 0 saturated carbocycles. The fourth-order valence-electron chi connectivity index (χ4n) is 2.80. The molecule has 3 heteroatoms. The first kappa shape index (κ1) is 16.6. The van der Waals surface area contributed by atoms with Crippen molar-refractivity contribution in [1.29, 1.82) is 0 Å². The van der Waals surface area contributed by atoms with Crippen molar-refractivity contribution in [1.82, 2.24) is 0 Å². The summed E-state index contributed by atoms with van der Waals surface area (Å²) in [6, 6.07) is 12.9. The number of hydrogen-bond acceptors (Lipinski definition) is 2. The molecule has 0 aliphatic carbocycles. The van der Waals surface area contributed by atoms with Crippen molar-refractivity contribution < 1.29 is 9.73 Å². The Morgan fingerprint density at radius 2 is 1.82 bits per heavy atom. The molecule has 0 radical (unpaired) electrons. The smallest absolute Gasteiger partial charge is 0.107 e. The normalized spacial score (nSPS) is 12.6. The third-order valence-electron chi connectivity index (χ3n) is 4.23. The van der Waals surface area contributed by atoms with E-state index in [1.807, 2.05) is 6.07 Å². The predicted octanol–water partition coefficient (Wildman–Crippen LogP) is 3.24. The first-order valence-corrected chi connectivity index (χ1v) is 8.19. The van der Waals surface area contributed by atoms with Gasteiger partial charge in [0.05, 0.1) is 12.8 Å². The minimum atomic E-state index is 0.516. The largest absolute Gasteiger partial charge is 0.469 e. The van der Waals surface area contributed by atoms with Gasteiger partial charge in [0.1, 0.15) is 12.3 Å². The first-order valence-electron chi connectivity index (χ1n) is 8.19. The third kappa shape index (κ3) is 4.63. The first-order chi connectivity index (χ1) is 10.6. The number of nitrogens with two attached hydrogens (primary N) is 1. The van der Waals surface area contributed by atoms with Gasteiger partial charge in [0, 0.05) is 37.7 Å². The van der Waals surface area contributed by atoms with Gasteiger partial charge in [0.15, 0.2) is 0 Å². The SMILES string of the molecule is CC(C)[C@H](CC[NH2+]Cc1ccc(N(C)C)cc1)c1ccco1. The molecule has 2 N–H and O–H groups in total. The van der Waals surface area contributed by atoms with E-state index in [2.05, 4.69) is 68.5 Å². The molecule has 0 amide bonds. The second-order valence-electron chi connectivity index (χ2n) is 6.50. The lowest BCUT2D eigenvalue weighted by Crippen LogP contribution is -2.82. The average molecular weight is 301 g/mol. The van der Waals surface area contributed by atoms with E-state index in [9.17, 15) is 0 Å². The molecule has 0 aliphatic rings. The van der Waals surface area contributed by atoms with Crippen LogP contribution in [0.25, 0.3) is 0 Å². The number of benzene rings is 1. The highest BCUT2D eigenvalue weighted by molar-refractivity contribution is 5.45. The van der Waals surface area contributed by atoms with Gasteiger partial charge in [-0.3, -0.25) is 0 Å². The topological polar surface area (TPSA) is 33.0 Å². The lowest BCUT2D eigenvalue weighted by Gasteiger charge is -2.17. The van der Waals surface area contributed by atoms with Crippen molar-refractivity contribution >= 4 is 5.69 Å². The van der Waals surface area contributed by atoms with Crippen LogP contribution in [0, 0.1) is 5.92 Å². The van der Waals surface area contributed by atoms with Gasteiger partial charge in [0.2, 0.25) is 0 Å². The summed E-state index contributed by atoms with van der Waals surface area (Å²) in [6.07, 6.45) is 2.93. The molecule has 0 unspecified atom stereocenters. The number of hydrogen-bond donors (Lipinski definition) is 1. The fourth-order valence-corrected chi connectivity index (χ4v) is 2.80. The van der Waals surface area contributed by atoms with Crippen molar-refractivity contribution in [3.63, 3.8) is 0 Å². The van der Waals surface area contributed by atoms with E-state index in [4.69, 9.17) is 4.42 Å². The zero-order chi connectivity index (χ0) is 15.9. The lowest BCUT2D eigenvalue weighted by atomic mass is 9.90. The van der Waals surface area contributed by atoms with Crippen LogP contribution in [0.15, 0.2) is 47.1 Å². The summed E-state index contributed by atoms with van der Waals surface area (Å²) < 4.78 is 5.59. The molecule has 1 heterocycles. The Morgan fingerprint density at radius 3 is 2.36 bits per heavy atom. The van der Waals surface area contributed by atoms with Crippen LogP contribution in [0.3, 0.4) is 0 Å². The Bertz CT molecular complexity index is 529. The van der Waals surface area contributed by atoms with Crippen LogP contribution in [-0.2, 0) is 6.54 Å². The van der Waals surface area contributed by atoms with Crippen molar-refractivity contribution in [2.24, 2.45) is 5.92 Å². The fraction of sp³-hybridized carbons (Fsp3) is 0.474. The highest BCUT2D eigenvalue weighted by Crippen LogP contribution is 2.27. The maximum Gasteiger partial charge on any atom is 0.107 e. The monoisotopic (exact) mass is 301 g/mol. The molecule has 0 saturated heterocycles. The Hall–Kier alpha value is -1.74. The van der Waals surface area contributed by atoms with E-state index in [-0.39, 0.29) is 0 Å². The molecule has 1 atom stereocenters. The number of nitrogens with zero attached hydrogens (tertiary/aromatic N) is 1. The van der Waals surface area contributed by atoms with Crippen LogP contribution in [0.2, 0.25) is 0 Å². The number of anilines is 1. The van der Waals surface area contributed by atoms with Crippen molar-refractivity contribution in [3.05, 3.63) is 54.0 Å². The van der Waals surface area contributed by atoms with Gasteiger partial charge in [-0.2, -0.15) is 0 Å². The summed E-state index contributed by atoms with van der Waals surface area (Å²) in [5.41, 5.74) is 2.63. The van der Waals surface area contributed by atoms with E-state index >= 15 is 0 Å². The van der Waals surface area contributed by atoms with Crippen LogP contribution in [0.4, 0.5) is 5.69 Å². The maximum atomic E-state index is 5.59. The molecule has 0 spiro atoms. The Morgan fingerprint density at radius 1 is 1.09 bits per heavy atom. The quantitative estimate of drug-likeness (QED) is 0.759. The van der Waals surface area contributed by atoms with E-state index in [1.165, 1.54) is 11.3 Å². The van der Waals surface area contributed by atoms with E-state index in [0.717, 1.165) is 25.3 Å². The predicted molar refractivity (Wildman–Crippen MR) is 92.2 cm³/mol. The Labute approximate surface area is 134 Å². The average Bonchev–Trinajstić information content (AvgIpc) is 3.01. The van der Waals surface area contributed by atoms with Gasteiger partial charge in [0.25, 0.3) is 0 Å². The molecule has 0 aliphatic heterocycles. The van der Waals surface area contributed by atoms with E-state index in [0.29, 0.717) is 11.8 Å². The molecule has 0 bridgehead atoms. The van der Waals surface area contributed by atoms with Crippen molar-refractivity contribution in [2.75, 3.05) is 25.5 Å². The molecular formula is C19H29N2O+. The van der Waals surface area contributed by atoms with Crippen LogP contribution < -0.4 is 10.2 Å². The molecule has 22 heavy (non-hydrogen) atoms. The lowest BCUT2D eigenvalue weighted by molar-refractivity contribution is -0.671. The van der Waals surface area contributed by atoms with Gasteiger partial charge in [-0.15, -0.1) is 0 Å². The molecule has 2 aromatic rings. The van der Waals surface area contributed by atoms with Gasteiger partial charge >= 0.3 is 0 Å². The molecule has 0 fully saturated rings. The number of quaternary nitrogens is 1. The summed E-state index contributed by atoms with van der Waals surface area (Å²) in [6.45, 7) is 6.70. The highest BCUT2D eigenvalue weighted by atomic mass is 16.3. The van der Waals surface area contributed by atoms with E-state index < -0.39 is 0 Å². The summed E-state index contributed by atoms with van der Waals surface area (Å²) >= 11 is 0.